The molecule has 0 unspecified atom stereocenters. The van der Waals surface area contributed by atoms with Crippen molar-refractivity contribution in [1.29, 1.82) is 0 Å². The standard InChI is InChI=1S/C22H28N2O4S/c1-17-7-9-18(10-8-17)16-29(26,27)24-13-11-19(12-14-24)22(25)23-15-20-5-3-4-6-21(20)28-2/h3-10,19H,11-16H2,1-2H3,(H,23,25). The molecule has 0 bridgehead atoms. The summed E-state index contributed by atoms with van der Waals surface area (Å²) in [4.78, 5) is 12.5. The molecule has 1 N–H and O–H groups in total. The number of piperidine rings is 1. The molecule has 3 rings (SSSR count). The third-order valence-corrected chi connectivity index (χ3v) is 7.18. The van der Waals surface area contributed by atoms with Gasteiger partial charge < -0.3 is 10.1 Å². The van der Waals surface area contributed by atoms with E-state index in [1.54, 1.807) is 7.11 Å². The Morgan fingerprint density at radius 1 is 1.10 bits per heavy atom. The van der Waals surface area contributed by atoms with E-state index in [1.807, 2.05) is 55.5 Å². The van der Waals surface area contributed by atoms with Crippen molar-refractivity contribution in [2.75, 3.05) is 20.2 Å². The van der Waals surface area contributed by atoms with E-state index < -0.39 is 10.0 Å². The molecule has 0 radical (unpaired) electrons. The molecule has 2 aromatic carbocycles. The first-order chi connectivity index (χ1) is 13.9. The molecule has 1 saturated heterocycles. The molecule has 1 fully saturated rings. The van der Waals surface area contributed by atoms with Crippen LogP contribution in [-0.2, 0) is 27.1 Å². The molecule has 2 aromatic rings. The predicted octanol–water partition coefficient (Wildman–Crippen LogP) is 2.86. The van der Waals surface area contributed by atoms with Crippen LogP contribution in [0.3, 0.4) is 0 Å². The molecule has 0 saturated carbocycles. The van der Waals surface area contributed by atoms with Crippen LogP contribution in [0.25, 0.3) is 0 Å². The summed E-state index contributed by atoms with van der Waals surface area (Å²) in [6, 6.07) is 15.1. The fourth-order valence-electron chi connectivity index (χ4n) is 3.56. The average Bonchev–Trinajstić information content (AvgIpc) is 2.74. The normalized spacial score (nSPS) is 15.8. The van der Waals surface area contributed by atoms with E-state index >= 15 is 0 Å². The van der Waals surface area contributed by atoms with Crippen molar-refractivity contribution in [2.24, 2.45) is 5.92 Å². The molecule has 7 heteroatoms. The number of rotatable bonds is 7. The Morgan fingerprint density at radius 3 is 2.41 bits per heavy atom. The summed E-state index contributed by atoms with van der Waals surface area (Å²) < 4.78 is 32.2. The Morgan fingerprint density at radius 2 is 1.76 bits per heavy atom. The van der Waals surface area contributed by atoms with Crippen LogP contribution in [0.1, 0.15) is 29.5 Å². The number of carbonyl (C=O) groups is 1. The van der Waals surface area contributed by atoms with Gasteiger partial charge in [0.1, 0.15) is 5.75 Å². The highest BCUT2D eigenvalue weighted by Crippen LogP contribution is 2.23. The number of methoxy groups -OCH3 is 1. The third-order valence-electron chi connectivity index (χ3n) is 5.33. The average molecular weight is 417 g/mol. The largest absolute Gasteiger partial charge is 0.496 e. The number of aryl methyl sites for hydroxylation is 1. The van der Waals surface area contributed by atoms with Crippen LogP contribution in [0, 0.1) is 12.8 Å². The maximum absolute atomic E-state index is 12.7. The van der Waals surface area contributed by atoms with Gasteiger partial charge >= 0.3 is 0 Å². The summed E-state index contributed by atoms with van der Waals surface area (Å²) >= 11 is 0. The number of amides is 1. The molecule has 29 heavy (non-hydrogen) atoms. The SMILES string of the molecule is COc1ccccc1CNC(=O)C1CCN(S(=O)(=O)Cc2ccc(C)cc2)CC1. The van der Waals surface area contributed by atoms with Gasteiger partial charge in [-0.1, -0.05) is 48.0 Å². The van der Waals surface area contributed by atoms with Gasteiger partial charge in [0.05, 0.1) is 12.9 Å². The number of nitrogens with zero attached hydrogens (tertiary/aromatic N) is 1. The van der Waals surface area contributed by atoms with Crippen LogP contribution in [0.4, 0.5) is 0 Å². The molecule has 0 aromatic heterocycles. The molecular weight excluding hydrogens is 388 g/mol. The zero-order valence-corrected chi connectivity index (χ0v) is 17.7. The van der Waals surface area contributed by atoms with Crippen molar-refractivity contribution in [2.45, 2.75) is 32.1 Å². The number of sulfonamides is 1. The summed E-state index contributed by atoms with van der Waals surface area (Å²) in [7, 11) is -1.77. The first kappa shape index (κ1) is 21.3. The highest BCUT2D eigenvalue weighted by atomic mass is 32.2. The van der Waals surface area contributed by atoms with Crippen molar-refractivity contribution >= 4 is 15.9 Å². The lowest BCUT2D eigenvalue weighted by atomic mass is 9.97. The fourth-order valence-corrected chi connectivity index (χ4v) is 5.12. The molecule has 0 spiro atoms. The zero-order valence-electron chi connectivity index (χ0n) is 16.9. The van der Waals surface area contributed by atoms with Crippen LogP contribution >= 0.6 is 0 Å². The smallest absolute Gasteiger partial charge is 0.223 e. The van der Waals surface area contributed by atoms with Crippen molar-refractivity contribution in [3.63, 3.8) is 0 Å². The molecule has 6 nitrogen and oxygen atoms in total. The van der Waals surface area contributed by atoms with Crippen LogP contribution < -0.4 is 10.1 Å². The Balaban J connectivity index is 1.51. The number of ether oxygens (including phenoxy) is 1. The molecule has 1 amide bonds. The summed E-state index contributed by atoms with van der Waals surface area (Å²) in [5.41, 5.74) is 2.81. The van der Waals surface area contributed by atoms with Crippen LogP contribution in [0.2, 0.25) is 0 Å². The summed E-state index contributed by atoms with van der Waals surface area (Å²) in [6.45, 7) is 3.12. The number of hydrogen-bond donors (Lipinski definition) is 1. The second-order valence-corrected chi connectivity index (χ2v) is 9.41. The Kier molecular flexibility index (Phi) is 6.92. The molecule has 1 aliphatic rings. The topological polar surface area (TPSA) is 75.7 Å². The fraction of sp³-hybridized carbons (Fsp3) is 0.409. The highest BCUT2D eigenvalue weighted by molar-refractivity contribution is 7.88. The number of para-hydroxylation sites is 1. The zero-order chi connectivity index (χ0) is 20.9. The van der Waals surface area contributed by atoms with E-state index in [9.17, 15) is 13.2 Å². The lowest BCUT2D eigenvalue weighted by Gasteiger charge is -2.30. The van der Waals surface area contributed by atoms with Gasteiger partial charge in [-0.2, -0.15) is 0 Å². The molecule has 156 valence electrons. The number of nitrogens with one attached hydrogen (secondary N) is 1. The Bertz CT molecular complexity index is 934. The Labute approximate surface area is 172 Å². The molecule has 0 atom stereocenters. The lowest BCUT2D eigenvalue weighted by molar-refractivity contribution is -0.126. The summed E-state index contributed by atoms with van der Waals surface area (Å²) in [6.07, 6.45) is 1.07. The maximum atomic E-state index is 12.7. The van der Waals surface area contributed by atoms with Crippen LogP contribution in [0.5, 0.6) is 5.75 Å². The van der Waals surface area contributed by atoms with E-state index in [0.29, 0.717) is 32.5 Å². The van der Waals surface area contributed by atoms with E-state index in [0.717, 1.165) is 22.4 Å². The van der Waals surface area contributed by atoms with Crippen molar-refractivity contribution < 1.29 is 17.9 Å². The van der Waals surface area contributed by atoms with E-state index in [-0.39, 0.29) is 17.6 Å². The summed E-state index contributed by atoms with van der Waals surface area (Å²) in [5, 5.41) is 2.96. The Hall–Kier alpha value is -2.38. The van der Waals surface area contributed by atoms with Gasteiger partial charge in [0, 0.05) is 31.1 Å². The quantitative estimate of drug-likeness (QED) is 0.753. The monoisotopic (exact) mass is 416 g/mol. The molecular formula is C22H28N2O4S. The summed E-state index contributed by atoms with van der Waals surface area (Å²) in [5.74, 6) is 0.532. The van der Waals surface area contributed by atoms with Gasteiger partial charge in [0.2, 0.25) is 15.9 Å². The first-order valence-electron chi connectivity index (χ1n) is 9.82. The second kappa shape index (κ2) is 9.41. The van der Waals surface area contributed by atoms with E-state index in [1.165, 1.54) is 4.31 Å². The second-order valence-electron chi connectivity index (χ2n) is 7.44. The first-order valence-corrected chi connectivity index (χ1v) is 11.4. The van der Waals surface area contributed by atoms with Gasteiger partial charge in [0.25, 0.3) is 0 Å². The molecule has 1 aliphatic heterocycles. The van der Waals surface area contributed by atoms with Gasteiger partial charge in [0.15, 0.2) is 0 Å². The highest BCUT2D eigenvalue weighted by Gasteiger charge is 2.31. The van der Waals surface area contributed by atoms with Gasteiger partial charge in [-0.3, -0.25) is 4.79 Å². The minimum Gasteiger partial charge on any atom is -0.496 e. The molecule has 0 aliphatic carbocycles. The minimum atomic E-state index is -3.38. The number of benzene rings is 2. The number of hydrogen-bond acceptors (Lipinski definition) is 4. The van der Waals surface area contributed by atoms with E-state index in [2.05, 4.69) is 5.32 Å². The number of carbonyl (C=O) groups excluding carboxylic acids is 1. The third kappa shape index (κ3) is 5.58. The van der Waals surface area contributed by atoms with E-state index in [4.69, 9.17) is 4.74 Å². The van der Waals surface area contributed by atoms with Crippen LogP contribution in [-0.4, -0.2) is 38.8 Å². The van der Waals surface area contributed by atoms with Crippen molar-refractivity contribution in [1.82, 2.24) is 9.62 Å². The van der Waals surface area contributed by atoms with Gasteiger partial charge in [-0.05, 0) is 31.4 Å². The molecule has 1 heterocycles. The van der Waals surface area contributed by atoms with Crippen molar-refractivity contribution in [3.05, 3.63) is 65.2 Å². The van der Waals surface area contributed by atoms with Gasteiger partial charge in [-0.15, -0.1) is 0 Å². The minimum absolute atomic E-state index is 0.00204. The van der Waals surface area contributed by atoms with Crippen LogP contribution in [0.15, 0.2) is 48.5 Å². The maximum Gasteiger partial charge on any atom is 0.223 e. The van der Waals surface area contributed by atoms with Crippen molar-refractivity contribution in [3.8, 4) is 5.75 Å². The van der Waals surface area contributed by atoms with Gasteiger partial charge in [-0.25, -0.2) is 12.7 Å². The lowest BCUT2D eigenvalue weighted by Crippen LogP contribution is -2.43. The predicted molar refractivity (Wildman–Crippen MR) is 113 cm³/mol.